The van der Waals surface area contributed by atoms with Crippen molar-refractivity contribution in [3.8, 4) is 5.75 Å². The minimum absolute atomic E-state index is 0.173. The highest BCUT2D eigenvalue weighted by atomic mass is 16.4. The average molecular weight is 331 g/mol. The summed E-state index contributed by atoms with van der Waals surface area (Å²) in [6, 6.07) is 5.51. The Morgan fingerprint density at radius 2 is 2.12 bits per heavy atom. The van der Waals surface area contributed by atoms with Crippen LogP contribution in [0.5, 0.6) is 5.75 Å². The topological polar surface area (TPSA) is 73.9 Å². The monoisotopic (exact) mass is 331 g/mol. The number of hydrogen-bond acceptors (Lipinski definition) is 5. The van der Waals surface area contributed by atoms with E-state index in [1.807, 2.05) is 13.0 Å². The lowest BCUT2D eigenvalue weighted by Crippen LogP contribution is -2.29. The molecule has 0 spiro atoms. The van der Waals surface area contributed by atoms with Gasteiger partial charge in [-0.15, -0.1) is 0 Å². The van der Waals surface area contributed by atoms with Crippen molar-refractivity contribution < 1.29 is 14.6 Å². The third-order valence-corrected chi connectivity index (χ3v) is 4.98. The molecular weight excluding hydrogens is 306 g/mol. The normalized spacial score (nSPS) is 18.5. The predicted octanol–water partition coefficient (Wildman–Crippen LogP) is 2.80. The lowest BCUT2D eigenvalue weighted by molar-refractivity contribution is 0.210. The molecule has 5 heteroatoms. The fraction of sp³-hybridized carbons (Fsp3) is 0.526. The molecule has 1 fully saturated rings. The van der Waals surface area contributed by atoms with Crippen LogP contribution in [0, 0.1) is 0 Å². The van der Waals surface area contributed by atoms with Crippen LogP contribution in [-0.4, -0.2) is 34.3 Å². The first-order valence-corrected chi connectivity index (χ1v) is 8.76. The van der Waals surface area contributed by atoms with Crippen LogP contribution in [0.4, 0.5) is 0 Å². The van der Waals surface area contributed by atoms with Gasteiger partial charge in [0.2, 0.25) is 0 Å². The third-order valence-electron chi connectivity index (χ3n) is 4.98. The van der Waals surface area contributed by atoms with E-state index in [0.717, 1.165) is 55.2 Å². The number of aliphatic hydroxyl groups is 1. The van der Waals surface area contributed by atoms with Gasteiger partial charge in [0.15, 0.2) is 0 Å². The highest BCUT2D eigenvalue weighted by molar-refractivity contribution is 5.82. The molecular formula is C19H25NO4. The lowest BCUT2D eigenvalue weighted by Gasteiger charge is -2.24. The molecule has 1 saturated heterocycles. The molecule has 1 atom stereocenters. The molecule has 0 bridgehead atoms. The van der Waals surface area contributed by atoms with E-state index in [0.29, 0.717) is 18.2 Å². The van der Waals surface area contributed by atoms with Crippen LogP contribution in [-0.2, 0) is 13.0 Å². The van der Waals surface area contributed by atoms with E-state index < -0.39 is 0 Å². The quantitative estimate of drug-likeness (QED) is 0.796. The molecule has 2 N–H and O–H groups in total. The van der Waals surface area contributed by atoms with Gasteiger partial charge in [0.1, 0.15) is 11.3 Å². The van der Waals surface area contributed by atoms with Crippen LogP contribution < -0.4 is 5.63 Å². The number of phenols is 1. The summed E-state index contributed by atoms with van der Waals surface area (Å²) in [5.74, 6) is 0.173. The Labute approximate surface area is 141 Å². The van der Waals surface area contributed by atoms with Crippen molar-refractivity contribution in [2.45, 2.75) is 51.6 Å². The van der Waals surface area contributed by atoms with E-state index in [2.05, 4.69) is 4.90 Å². The highest BCUT2D eigenvalue weighted by Crippen LogP contribution is 2.29. The molecule has 1 unspecified atom stereocenters. The maximum absolute atomic E-state index is 11.9. The molecule has 130 valence electrons. The summed E-state index contributed by atoms with van der Waals surface area (Å²) in [5.41, 5.74) is 1.87. The summed E-state index contributed by atoms with van der Waals surface area (Å²) in [7, 11) is 0. The Morgan fingerprint density at radius 1 is 1.29 bits per heavy atom. The van der Waals surface area contributed by atoms with Crippen LogP contribution in [0.3, 0.4) is 0 Å². The van der Waals surface area contributed by atoms with Gasteiger partial charge in [0.25, 0.3) is 0 Å². The third kappa shape index (κ3) is 3.47. The summed E-state index contributed by atoms with van der Waals surface area (Å²) in [6.07, 6.45) is 4.81. The van der Waals surface area contributed by atoms with Crippen LogP contribution in [0.2, 0.25) is 0 Å². The first kappa shape index (κ1) is 17.0. The standard InChI is InChI=1S/C19H25NO4/c1-2-13-9-16-14(10-19(23)24-18(16)11-17(13)22)12-20-7-3-5-15(20)6-4-8-21/h9-11,15,21-22H,2-8,12H2,1H3. The van der Waals surface area contributed by atoms with E-state index in [1.165, 1.54) is 0 Å². The van der Waals surface area contributed by atoms with Crippen molar-refractivity contribution in [1.82, 2.24) is 4.90 Å². The molecule has 0 amide bonds. The number of nitrogens with zero attached hydrogens (tertiary/aromatic N) is 1. The first-order valence-electron chi connectivity index (χ1n) is 8.76. The highest BCUT2D eigenvalue weighted by Gasteiger charge is 2.25. The van der Waals surface area contributed by atoms with Crippen molar-refractivity contribution in [3.05, 3.63) is 39.7 Å². The molecule has 3 rings (SSSR count). The Hall–Kier alpha value is -1.85. The molecule has 2 aromatic rings. The number of phenolic OH excluding ortho intramolecular Hbond substituents is 1. The maximum Gasteiger partial charge on any atom is 0.336 e. The minimum Gasteiger partial charge on any atom is -0.508 e. The lowest BCUT2D eigenvalue weighted by atomic mass is 10.0. The molecule has 0 aliphatic carbocycles. The molecule has 24 heavy (non-hydrogen) atoms. The number of aryl methyl sites for hydroxylation is 1. The fourth-order valence-electron chi connectivity index (χ4n) is 3.70. The van der Waals surface area contributed by atoms with Crippen molar-refractivity contribution in [2.75, 3.05) is 13.2 Å². The largest absolute Gasteiger partial charge is 0.508 e. The van der Waals surface area contributed by atoms with Crippen LogP contribution in [0.25, 0.3) is 11.0 Å². The van der Waals surface area contributed by atoms with Gasteiger partial charge in [-0.3, -0.25) is 4.90 Å². The van der Waals surface area contributed by atoms with Crippen molar-refractivity contribution in [2.24, 2.45) is 0 Å². The summed E-state index contributed by atoms with van der Waals surface area (Å²) in [4.78, 5) is 14.3. The van der Waals surface area contributed by atoms with Gasteiger partial charge in [0, 0.05) is 36.7 Å². The van der Waals surface area contributed by atoms with Gasteiger partial charge in [0.05, 0.1) is 0 Å². The van der Waals surface area contributed by atoms with Crippen LogP contribution in [0.1, 0.15) is 43.7 Å². The van der Waals surface area contributed by atoms with E-state index in [1.54, 1.807) is 12.1 Å². The van der Waals surface area contributed by atoms with Crippen molar-refractivity contribution in [3.63, 3.8) is 0 Å². The Balaban J connectivity index is 1.94. The van der Waals surface area contributed by atoms with Crippen LogP contribution >= 0.6 is 0 Å². The van der Waals surface area contributed by atoms with Gasteiger partial charge in [-0.25, -0.2) is 4.79 Å². The molecule has 5 nitrogen and oxygen atoms in total. The summed E-state index contributed by atoms with van der Waals surface area (Å²) < 4.78 is 5.27. The Bertz CT molecular complexity index is 768. The predicted molar refractivity (Wildman–Crippen MR) is 93.3 cm³/mol. The van der Waals surface area contributed by atoms with Gasteiger partial charge >= 0.3 is 5.63 Å². The second kappa shape index (κ2) is 7.36. The van der Waals surface area contributed by atoms with Crippen molar-refractivity contribution >= 4 is 11.0 Å². The van der Waals surface area contributed by atoms with E-state index in [9.17, 15) is 9.90 Å². The van der Waals surface area contributed by atoms with Gasteiger partial charge in [-0.05, 0) is 55.8 Å². The second-order valence-electron chi connectivity index (χ2n) is 6.55. The number of fused-ring (bicyclic) bond motifs is 1. The fourth-order valence-corrected chi connectivity index (χ4v) is 3.70. The van der Waals surface area contributed by atoms with Crippen LogP contribution in [0.15, 0.2) is 27.4 Å². The number of hydrogen-bond donors (Lipinski definition) is 2. The van der Waals surface area contributed by atoms with E-state index in [-0.39, 0.29) is 18.0 Å². The molecule has 2 heterocycles. The summed E-state index contributed by atoms with van der Waals surface area (Å²) in [5, 5.41) is 20.0. The number of aromatic hydroxyl groups is 1. The SMILES string of the molecule is CCc1cc2c(CN3CCCC3CCCO)cc(=O)oc2cc1O. The smallest absolute Gasteiger partial charge is 0.336 e. The van der Waals surface area contributed by atoms with Gasteiger partial charge < -0.3 is 14.6 Å². The number of rotatable bonds is 6. The van der Waals surface area contributed by atoms with Gasteiger partial charge in [-0.1, -0.05) is 6.92 Å². The number of aliphatic hydroxyl groups excluding tert-OH is 1. The van der Waals surface area contributed by atoms with Crippen molar-refractivity contribution in [1.29, 1.82) is 0 Å². The first-order chi connectivity index (χ1) is 11.6. The zero-order chi connectivity index (χ0) is 17.1. The maximum atomic E-state index is 11.9. The Morgan fingerprint density at radius 3 is 2.88 bits per heavy atom. The molecule has 0 radical (unpaired) electrons. The van der Waals surface area contributed by atoms with E-state index in [4.69, 9.17) is 9.52 Å². The number of benzene rings is 1. The molecule has 1 aliphatic rings. The molecule has 1 aliphatic heterocycles. The Kier molecular flexibility index (Phi) is 5.21. The summed E-state index contributed by atoms with van der Waals surface area (Å²) >= 11 is 0. The van der Waals surface area contributed by atoms with Gasteiger partial charge in [-0.2, -0.15) is 0 Å². The summed E-state index contributed by atoms with van der Waals surface area (Å²) in [6.45, 7) is 3.93. The molecule has 1 aromatic heterocycles. The average Bonchev–Trinajstić information content (AvgIpc) is 2.99. The number of likely N-dealkylation sites (tertiary alicyclic amines) is 1. The molecule has 1 aromatic carbocycles. The zero-order valence-corrected chi connectivity index (χ0v) is 14.1. The minimum atomic E-state index is -0.382. The molecule has 0 saturated carbocycles. The zero-order valence-electron chi connectivity index (χ0n) is 14.1. The van der Waals surface area contributed by atoms with E-state index >= 15 is 0 Å². The second-order valence-corrected chi connectivity index (χ2v) is 6.55.